The van der Waals surface area contributed by atoms with Crippen molar-refractivity contribution in [2.75, 3.05) is 6.61 Å². The average molecular weight is 312 g/mol. The van der Waals surface area contributed by atoms with E-state index >= 15 is 0 Å². The molecule has 0 spiro atoms. The van der Waals surface area contributed by atoms with Crippen molar-refractivity contribution < 1.29 is 20.1 Å². The Morgan fingerprint density at radius 3 is 2.27 bits per heavy atom. The molecule has 1 heterocycles. The van der Waals surface area contributed by atoms with Gasteiger partial charge in [-0.1, -0.05) is 13.8 Å². The average Bonchev–Trinajstić information content (AvgIpc) is 3.24. The van der Waals surface area contributed by atoms with Gasteiger partial charge in [-0.2, -0.15) is 0 Å². The standard InChI is InChI=1S/C18H32O4/c1-6-14-16-15(11(4)12(5)22-14)17(16)18(21)10(3)9(2)13(20)7-8-19/h11-21H,6-8H2,1-5H3. The second-order valence-electron chi connectivity index (χ2n) is 7.22. The second kappa shape index (κ2) is 7.00. The monoisotopic (exact) mass is 312 g/mol. The van der Waals surface area contributed by atoms with E-state index in [9.17, 15) is 10.2 Å². The van der Waals surface area contributed by atoms with E-state index in [1.165, 1.54) is 0 Å². The first-order valence-corrected chi connectivity index (χ1v) is 8.64. The zero-order valence-corrected chi connectivity index (χ0v) is 14.5. The van der Waals surface area contributed by atoms with Crippen LogP contribution in [0.1, 0.15) is 47.5 Å². The summed E-state index contributed by atoms with van der Waals surface area (Å²) in [7, 11) is 0. The molecule has 0 bridgehead atoms. The first-order chi connectivity index (χ1) is 10.3. The van der Waals surface area contributed by atoms with E-state index in [0.717, 1.165) is 17.6 Å². The fourth-order valence-electron chi connectivity index (χ4n) is 4.30. The molecule has 0 aromatic carbocycles. The minimum Gasteiger partial charge on any atom is -0.396 e. The summed E-state index contributed by atoms with van der Waals surface area (Å²) < 4.78 is 6.10. The van der Waals surface area contributed by atoms with Crippen molar-refractivity contribution in [3.05, 3.63) is 11.1 Å². The van der Waals surface area contributed by atoms with Gasteiger partial charge in [0.1, 0.15) is 0 Å². The number of fused-ring (bicyclic) bond motifs is 1. The van der Waals surface area contributed by atoms with Crippen molar-refractivity contribution in [3.8, 4) is 0 Å². The highest BCUT2D eigenvalue weighted by molar-refractivity contribution is 5.24. The summed E-state index contributed by atoms with van der Waals surface area (Å²) in [6.07, 6.45) is 0.599. The Morgan fingerprint density at radius 1 is 1.09 bits per heavy atom. The first-order valence-electron chi connectivity index (χ1n) is 8.64. The Bertz CT molecular complexity index is 415. The molecule has 4 nitrogen and oxygen atoms in total. The van der Waals surface area contributed by atoms with Gasteiger partial charge in [-0.25, -0.2) is 0 Å². The maximum atomic E-state index is 10.8. The lowest BCUT2D eigenvalue weighted by atomic mass is 9.92. The van der Waals surface area contributed by atoms with Crippen molar-refractivity contribution >= 4 is 0 Å². The zero-order valence-electron chi connectivity index (χ0n) is 14.5. The first kappa shape index (κ1) is 17.9. The molecule has 8 unspecified atom stereocenters. The van der Waals surface area contributed by atoms with Crippen molar-refractivity contribution in [2.45, 2.75) is 71.9 Å². The van der Waals surface area contributed by atoms with Crippen LogP contribution >= 0.6 is 0 Å². The Balaban J connectivity index is 2.13. The lowest BCUT2D eigenvalue weighted by Gasteiger charge is -2.31. The number of ether oxygens (including phenoxy) is 1. The van der Waals surface area contributed by atoms with E-state index in [-0.39, 0.29) is 24.7 Å². The molecule has 3 N–H and O–H groups in total. The largest absolute Gasteiger partial charge is 0.396 e. The maximum Gasteiger partial charge on any atom is 0.0785 e. The van der Waals surface area contributed by atoms with Crippen molar-refractivity contribution in [1.82, 2.24) is 0 Å². The highest BCUT2D eigenvalue weighted by atomic mass is 16.5. The molecular weight excluding hydrogens is 280 g/mol. The van der Waals surface area contributed by atoms with Gasteiger partial charge in [0, 0.05) is 13.0 Å². The van der Waals surface area contributed by atoms with Gasteiger partial charge < -0.3 is 20.1 Å². The molecular formula is C18H32O4. The van der Waals surface area contributed by atoms with E-state index < -0.39 is 12.2 Å². The number of hydrogen-bond donors (Lipinski definition) is 3. The molecule has 22 heavy (non-hydrogen) atoms. The molecule has 2 fully saturated rings. The fourth-order valence-corrected chi connectivity index (χ4v) is 4.30. The minimum atomic E-state index is -0.671. The molecule has 1 saturated carbocycles. The number of rotatable bonds is 6. The van der Waals surface area contributed by atoms with Crippen molar-refractivity contribution in [3.63, 3.8) is 0 Å². The van der Waals surface area contributed by atoms with Gasteiger partial charge >= 0.3 is 0 Å². The molecule has 1 aliphatic carbocycles. The van der Waals surface area contributed by atoms with Crippen molar-refractivity contribution in [1.29, 1.82) is 0 Å². The number of aliphatic hydroxyl groups is 3. The molecule has 2 rings (SSSR count). The summed E-state index contributed by atoms with van der Waals surface area (Å²) in [5.41, 5.74) is 1.65. The topological polar surface area (TPSA) is 69.9 Å². The van der Waals surface area contributed by atoms with Crippen LogP contribution in [0.25, 0.3) is 0 Å². The van der Waals surface area contributed by atoms with Gasteiger partial charge in [0.05, 0.1) is 24.4 Å². The predicted molar refractivity (Wildman–Crippen MR) is 86.4 cm³/mol. The van der Waals surface area contributed by atoms with Gasteiger partial charge in [0.25, 0.3) is 0 Å². The fraction of sp³-hybridized carbons (Fsp3) is 0.889. The molecule has 128 valence electrons. The van der Waals surface area contributed by atoms with Gasteiger partial charge in [-0.05, 0) is 62.0 Å². The van der Waals surface area contributed by atoms with E-state index in [2.05, 4.69) is 20.8 Å². The summed E-state index contributed by atoms with van der Waals surface area (Å²) in [5.74, 6) is 1.65. The highest BCUT2D eigenvalue weighted by Gasteiger charge is 2.63. The summed E-state index contributed by atoms with van der Waals surface area (Å²) in [4.78, 5) is 0. The summed E-state index contributed by atoms with van der Waals surface area (Å²) in [5, 5.41) is 29.8. The van der Waals surface area contributed by atoms with Crippen LogP contribution in [0.4, 0.5) is 0 Å². The Morgan fingerprint density at radius 2 is 1.73 bits per heavy atom. The molecule has 4 heteroatoms. The van der Waals surface area contributed by atoms with Crippen LogP contribution < -0.4 is 0 Å². The van der Waals surface area contributed by atoms with Crippen LogP contribution in [-0.2, 0) is 4.74 Å². The molecule has 1 saturated heterocycles. The number of hydrogen-bond acceptors (Lipinski definition) is 4. The van der Waals surface area contributed by atoms with E-state index in [0.29, 0.717) is 24.2 Å². The third kappa shape index (κ3) is 3.12. The third-order valence-corrected chi connectivity index (χ3v) is 6.09. The summed E-state index contributed by atoms with van der Waals surface area (Å²) in [6, 6.07) is 0. The maximum absolute atomic E-state index is 10.8. The van der Waals surface area contributed by atoms with Gasteiger partial charge in [0.2, 0.25) is 0 Å². The molecule has 2 aliphatic rings. The van der Waals surface area contributed by atoms with Crippen LogP contribution in [0, 0.1) is 23.7 Å². The molecule has 0 aromatic heterocycles. The summed E-state index contributed by atoms with van der Waals surface area (Å²) >= 11 is 0. The van der Waals surface area contributed by atoms with Gasteiger partial charge in [-0.3, -0.25) is 0 Å². The van der Waals surface area contributed by atoms with Gasteiger partial charge in [0.15, 0.2) is 0 Å². The SMILES string of the molecule is CCC1OC(C)C(C)C2C1C2C(O)C(C)=C(C)C(O)CCO. The third-order valence-electron chi connectivity index (χ3n) is 6.09. The van der Waals surface area contributed by atoms with Gasteiger partial charge in [-0.15, -0.1) is 0 Å². The Hall–Kier alpha value is -0.420. The Labute approximate surface area is 134 Å². The Kier molecular flexibility index (Phi) is 5.70. The summed E-state index contributed by atoms with van der Waals surface area (Å²) in [6.45, 7) is 10.2. The highest BCUT2D eigenvalue weighted by Crippen LogP contribution is 2.61. The van der Waals surface area contributed by atoms with Crippen LogP contribution in [0.2, 0.25) is 0 Å². The van der Waals surface area contributed by atoms with Crippen LogP contribution in [0.15, 0.2) is 11.1 Å². The molecule has 0 aromatic rings. The molecule has 0 amide bonds. The van der Waals surface area contributed by atoms with E-state index in [1.807, 2.05) is 13.8 Å². The minimum absolute atomic E-state index is 0.0448. The quantitative estimate of drug-likeness (QED) is 0.657. The molecule has 1 aliphatic heterocycles. The van der Waals surface area contributed by atoms with Crippen molar-refractivity contribution in [2.24, 2.45) is 23.7 Å². The molecule has 8 atom stereocenters. The zero-order chi connectivity index (χ0) is 16.6. The smallest absolute Gasteiger partial charge is 0.0785 e. The predicted octanol–water partition coefficient (Wildman–Crippen LogP) is 2.12. The van der Waals surface area contributed by atoms with Crippen LogP contribution in [0.3, 0.4) is 0 Å². The lowest BCUT2D eigenvalue weighted by Crippen LogP contribution is -2.33. The van der Waals surface area contributed by atoms with E-state index in [4.69, 9.17) is 9.84 Å². The number of aliphatic hydroxyl groups excluding tert-OH is 3. The van der Waals surface area contributed by atoms with Crippen LogP contribution in [0.5, 0.6) is 0 Å². The molecule has 0 radical (unpaired) electrons. The van der Waals surface area contributed by atoms with E-state index in [1.54, 1.807) is 0 Å². The normalized spacial score (nSPS) is 41.5. The second-order valence-corrected chi connectivity index (χ2v) is 7.22. The van der Waals surface area contributed by atoms with Crippen LogP contribution in [-0.4, -0.2) is 46.3 Å². The lowest BCUT2D eigenvalue weighted by molar-refractivity contribution is -0.0768.